The molecule has 53 valence electrons. The Balaban J connectivity index is 0. The third kappa shape index (κ3) is 3.26. The Bertz CT molecular complexity index is 62.1. The molecule has 0 saturated carbocycles. The molecular weight excluding hydrogens is 151 g/mol. The van der Waals surface area contributed by atoms with Gasteiger partial charge in [-0.2, -0.15) is 0 Å². The molecule has 0 amide bonds. The summed E-state index contributed by atoms with van der Waals surface area (Å²) in [7, 11) is 3.73. The minimum absolute atomic E-state index is 0. The minimum Gasteiger partial charge on any atom is -0.435 e. The van der Waals surface area contributed by atoms with Crippen molar-refractivity contribution in [3.05, 3.63) is 14.5 Å². The summed E-state index contributed by atoms with van der Waals surface area (Å²) >= 11 is 0. The molecule has 1 saturated heterocycles. The molecule has 0 unspecified atom stereocenters. The average molecular weight is 165 g/mol. The Labute approximate surface area is 70.1 Å². The zero-order valence-electron chi connectivity index (χ0n) is 6.17. The fourth-order valence-electron chi connectivity index (χ4n) is 0.724. The Morgan fingerprint density at radius 1 is 1.44 bits per heavy atom. The van der Waals surface area contributed by atoms with E-state index in [0.717, 1.165) is 19.9 Å². The molecular formula is C6H14N2V. The van der Waals surface area contributed by atoms with Crippen molar-refractivity contribution in [2.45, 2.75) is 6.92 Å². The molecule has 1 aliphatic heterocycles. The van der Waals surface area contributed by atoms with Gasteiger partial charge >= 0.3 is 18.6 Å². The van der Waals surface area contributed by atoms with Gasteiger partial charge in [-0.05, 0) is 6.54 Å². The van der Waals surface area contributed by atoms with Crippen molar-refractivity contribution in [1.82, 2.24) is 9.80 Å². The van der Waals surface area contributed by atoms with Gasteiger partial charge in [0.05, 0.1) is 0 Å². The van der Waals surface area contributed by atoms with E-state index in [9.17, 15) is 0 Å². The predicted octanol–water partition coefficient (Wildman–Crippen LogP) is 0.778. The van der Waals surface area contributed by atoms with Crippen LogP contribution >= 0.6 is 0 Å². The third-order valence-corrected chi connectivity index (χ3v) is 1.25. The number of hydrogen-bond donors (Lipinski definition) is 0. The van der Waals surface area contributed by atoms with Crippen molar-refractivity contribution in [2.24, 2.45) is 0 Å². The SMILES string of the molecule is [CH2-]N1CN(CC)C1.[CH3-].[V+2]. The van der Waals surface area contributed by atoms with Crippen molar-refractivity contribution < 1.29 is 18.6 Å². The molecule has 0 aromatic heterocycles. The van der Waals surface area contributed by atoms with Crippen LogP contribution in [0.15, 0.2) is 0 Å². The second-order valence-electron chi connectivity index (χ2n) is 1.94. The first-order chi connectivity index (χ1) is 3.33. The van der Waals surface area contributed by atoms with Gasteiger partial charge in [-0.1, -0.05) is 6.92 Å². The summed E-state index contributed by atoms with van der Waals surface area (Å²) in [5.74, 6) is 0. The zero-order chi connectivity index (χ0) is 5.28. The second kappa shape index (κ2) is 5.30. The van der Waals surface area contributed by atoms with E-state index in [4.69, 9.17) is 0 Å². The molecule has 0 spiro atoms. The minimum atomic E-state index is 0. The van der Waals surface area contributed by atoms with Crippen LogP contribution in [-0.4, -0.2) is 29.7 Å². The van der Waals surface area contributed by atoms with Crippen molar-refractivity contribution in [1.29, 1.82) is 0 Å². The maximum Gasteiger partial charge on any atom is 2.00 e. The maximum atomic E-state index is 3.73. The summed E-state index contributed by atoms with van der Waals surface area (Å²) in [4.78, 5) is 4.34. The first-order valence-corrected chi connectivity index (χ1v) is 2.60. The first kappa shape index (κ1) is 12.2. The largest absolute Gasteiger partial charge is 2.00 e. The third-order valence-electron chi connectivity index (χ3n) is 1.25. The second-order valence-corrected chi connectivity index (χ2v) is 1.94. The van der Waals surface area contributed by atoms with Crippen LogP contribution in [-0.2, 0) is 18.6 Å². The molecule has 1 aliphatic rings. The van der Waals surface area contributed by atoms with Crippen molar-refractivity contribution in [2.75, 3.05) is 19.9 Å². The van der Waals surface area contributed by atoms with Gasteiger partial charge in [0, 0.05) is 13.3 Å². The number of hydrogen-bond acceptors (Lipinski definition) is 2. The van der Waals surface area contributed by atoms with E-state index in [1.165, 1.54) is 0 Å². The van der Waals surface area contributed by atoms with Crippen LogP contribution in [0.1, 0.15) is 6.92 Å². The predicted molar refractivity (Wildman–Crippen MR) is 35.7 cm³/mol. The molecule has 0 atom stereocenters. The van der Waals surface area contributed by atoms with Crippen molar-refractivity contribution in [3.8, 4) is 0 Å². The van der Waals surface area contributed by atoms with Gasteiger partial charge in [0.25, 0.3) is 0 Å². The van der Waals surface area contributed by atoms with E-state index in [0.29, 0.717) is 0 Å². The topological polar surface area (TPSA) is 6.48 Å². The fraction of sp³-hybridized carbons (Fsp3) is 0.667. The van der Waals surface area contributed by atoms with Crippen molar-refractivity contribution in [3.63, 3.8) is 0 Å². The van der Waals surface area contributed by atoms with Crippen LogP contribution in [0.4, 0.5) is 0 Å². The molecule has 3 heteroatoms. The normalized spacial score (nSPS) is 19.3. The van der Waals surface area contributed by atoms with E-state index in [1.54, 1.807) is 0 Å². The Morgan fingerprint density at radius 3 is 2.00 bits per heavy atom. The Kier molecular flexibility index (Phi) is 7.19. The van der Waals surface area contributed by atoms with Crippen LogP contribution in [0.25, 0.3) is 0 Å². The van der Waals surface area contributed by atoms with Gasteiger partial charge in [-0.25, -0.2) is 0 Å². The quantitative estimate of drug-likeness (QED) is 0.530. The summed E-state index contributed by atoms with van der Waals surface area (Å²) < 4.78 is 0. The molecule has 0 aromatic rings. The molecule has 0 aliphatic carbocycles. The van der Waals surface area contributed by atoms with Gasteiger partial charge in [-0.15, -0.1) is 0 Å². The van der Waals surface area contributed by atoms with Crippen LogP contribution in [0, 0.1) is 14.5 Å². The van der Waals surface area contributed by atoms with Crippen molar-refractivity contribution >= 4 is 0 Å². The van der Waals surface area contributed by atoms with E-state index in [2.05, 4.69) is 18.9 Å². The Hall–Kier alpha value is 0.504. The van der Waals surface area contributed by atoms with E-state index in [-0.39, 0.29) is 26.0 Å². The first-order valence-electron chi connectivity index (χ1n) is 2.60. The molecule has 1 fully saturated rings. The molecule has 0 bridgehead atoms. The summed E-state index contributed by atoms with van der Waals surface area (Å²) in [5, 5.41) is 0. The number of rotatable bonds is 1. The summed E-state index contributed by atoms with van der Waals surface area (Å²) in [6, 6.07) is 0. The van der Waals surface area contributed by atoms with Gasteiger partial charge in [0.2, 0.25) is 0 Å². The zero-order valence-corrected chi connectivity index (χ0v) is 7.57. The van der Waals surface area contributed by atoms with Gasteiger partial charge in [-0.3, -0.25) is 11.9 Å². The maximum absolute atomic E-state index is 3.73. The van der Waals surface area contributed by atoms with E-state index >= 15 is 0 Å². The van der Waals surface area contributed by atoms with Crippen LogP contribution in [0.5, 0.6) is 0 Å². The fourth-order valence-corrected chi connectivity index (χ4v) is 0.724. The average Bonchev–Trinajstić information content (AvgIpc) is 1.58. The van der Waals surface area contributed by atoms with E-state index < -0.39 is 0 Å². The molecule has 9 heavy (non-hydrogen) atoms. The van der Waals surface area contributed by atoms with Gasteiger partial charge in [0.1, 0.15) is 0 Å². The van der Waals surface area contributed by atoms with E-state index in [1.807, 2.05) is 4.90 Å². The van der Waals surface area contributed by atoms with Crippen LogP contribution < -0.4 is 0 Å². The molecule has 1 heterocycles. The number of nitrogens with zero attached hydrogens (tertiary/aromatic N) is 2. The summed E-state index contributed by atoms with van der Waals surface area (Å²) in [6.45, 7) is 5.42. The van der Waals surface area contributed by atoms with Crippen LogP contribution in [0.2, 0.25) is 0 Å². The van der Waals surface area contributed by atoms with Gasteiger partial charge < -0.3 is 12.3 Å². The monoisotopic (exact) mass is 165 g/mol. The van der Waals surface area contributed by atoms with Crippen LogP contribution in [0.3, 0.4) is 0 Å². The molecule has 1 radical (unpaired) electrons. The molecule has 0 aromatic carbocycles. The smallest absolute Gasteiger partial charge is 0.435 e. The molecule has 2 nitrogen and oxygen atoms in total. The standard InChI is InChI=1S/C5H11N2.CH3.V/c1-3-7-4-6(2)5-7;;/h2-5H2,1H3;1H3;/q2*-1;+2. The summed E-state index contributed by atoms with van der Waals surface area (Å²) in [6.07, 6.45) is 0. The van der Waals surface area contributed by atoms with Gasteiger partial charge in [0.15, 0.2) is 0 Å². The Morgan fingerprint density at radius 2 is 1.89 bits per heavy atom. The molecule has 1 rings (SSSR count). The molecule has 0 N–H and O–H groups in total. The summed E-state index contributed by atoms with van der Waals surface area (Å²) in [5.41, 5.74) is 0.